The number of rotatable bonds is 2. The molecule has 1 heterocycles. The van der Waals surface area contributed by atoms with E-state index in [2.05, 4.69) is 148 Å². The third kappa shape index (κ3) is 5.15. The number of para-hydroxylation sites is 2. The smallest absolute Gasteiger partial charge is 0.217 e. The summed E-state index contributed by atoms with van der Waals surface area (Å²) in [6.45, 7) is 31.3. The molecule has 0 atom stereocenters. The maximum absolute atomic E-state index is 3.73. The van der Waals surface area contributed by atoms with Gasteiger partial charge in [-0.1, -0.05) is 119 Å². The van der Waals surface area contributed by atoms with Crippen LogP contribution in [-0.4, -0.2) is 0 Å². The first-order valence-corrected chi connectivity index (χ1v) is 12.2. The molecule has 0 fully saturated rings. The summed E-state index contributed by atoms with van der Waals surface area (Å²) in [6, 6.07) is 13.5. The van der Waals surface area contributed by atoms with Crippen molar-refractivity contribution in [2.45, 2.75) is 105 Å². The zero-order valence-corrected chi connectivity index (χ0v) is 23.0. The van der Waals surface area contributed by atoms with Crippen LogP contribution in [0.5, 0.6) is 0 Å². The van der Waals surface area contributed by atoms with Gasteiger partial charge >= 0.3 is 0 Å². The van der Waals surface area contributed by atoms with Gasteiger partial charge in [0.15, 0.2) is 0 Å². The summed E-state index contributed by atoms with van der Waals surface area (Å²) in [7, 11) is 0. The van der Waals surface area contributed by atoms with Crippen molar-refractivity contribution in [1.82, 2.24) is 0 Å². The van der Waals surface area contributed by atoms with E-state index >= 15 is 0 Å². The van der Waals surface area contributed by atoms with Gasteiger partial charge in [-0.05, 0) is 43.9 Å². The van der Waals surface area contributed by atoms with Crippen molar-refractivity contribution >= 4 is 11.4 Å². The van der Waals surface area contributed by atoms with Crippen LogP contribution in [0, 0.1) is 6.67 Å². The van der Waals surface area contributed by atoms with Crippen LogP contribution in [-0.2, 0) is 21.7 Å². The summed E-state index contributed by atoms with van der Waals surface area (Å²) in [5, 5.41) is 0. The highest BCUT2D eigenvalue weighted by Crippen LogP contribution is 2.45. The minimum atomic E-state index is 0.0272. The second kappa shape index (κ2) is 8.22. The second-order valence-corrected chi connectivity index (χ2v) is 13.5. The van der Waals surface area contributed by atoms with Gasteiger partial charge in [-0.3, -0.25) is 0 Å². The van der Waals surface area contributed by atoms with Gasteiger partial charge in [-0.2, -0.15) is 0 Å². The van der Waals surface area contributed by atoms with Crippen molar-refractivity contribution in [3.63, 3.8) is 0 Å². The van der Waals surface area contributed by atoms with E-state index in [9.17, 15) is 0 Å². The Balaban J connectivity index is 2.16. The van der Waals surface area contributed by atoms with Crippen LogP contribution in [0.2, 0.25) is 0 Å². The maximum Gasteiger partial charge on any atom is 0.217 e. The van der Waals surface area contributed by atoms with Crippen LogP contribution in [0.15, 0.2) is 48.8 Å². The maximum atomic E-state index is 3.73. The van der Waals surface area contributed by atoms with E-state index in [4.69, 9.17) is 0 Å². The average Bonchev–Trinajstić information content (AvgIpc) is 3.13. The predicted octanol–water partition coefficient (Wildman–Crippen LogP) is 8.67. The van der Waals surface area contributed by atoms with E-state index in [1.54, 1.807) is 0 Å². The minimum absolute atomic E-state index is 0.0272. The molecule has 0 spiro atoms. The fourth-order valence-corrected chi connectivity index (χ4v) is 4.59. The third-order valence-electron chi connectivity index (χ3n) is 6.37. The van der Waals surface area contributed by atoms with Crippen LogP contribution in [0.1, 0.15) is 105 Å². The first-order valence-electron chi connectivity index (χ1n) is 12.2. The molecule has 0 bridgehead atoms. The standard InChI is InChI=1S/C31H44N2/c1-28(2,3)22-15-13-16-23(29(4,5)6)26(22)32-19-20-33(21-32)27-24(30(7,8)9)17-14-18-25(27)31(10,11)12/h13-20H,1-12H3. The van der Waals surface area contributed by atoms with Crippen LogP contribution in [0.25, 0.3) is 0 Å². The largest absolute Gasteiger partial charge is 0.314 e. The van der Waals surface area contributed by atoms with Crippen molar-refractivity contribution in [1.29, 1.82) is 0 Å². The molecule has 3 rings (SSSR count). The molecule has 2 radical (unpaired) electrons. The van der Waals surface area contributed by atoms with Crippen molar-refractivity contribution in [3.05, 3.63) is 77.7 Å². The van der Waals surface area contributed by atoms with Gasteiger partial charge in [0, 0.05) is 12.4 Å². The lowest BCUT2D eigenvalue weighted by Gasteiger charge is -2.36. The van der Waals surface area contributed by atoms with Crippen LogP contribution in [0.3, 0.4) is 0 Å². The van der Waals surface area contributed by atoms with E-state index in [0.29, 0.717) is 0 Å². The monoisotopic (exact) mass is 444 g/mol. The van der Waals surface area contributed by atoms with Crippen molar-refractivity contribution in [3.8, 4) is 0 Å². The molecule has 178 valence electrons. The molecular formula is C31H44N2. The van der Waals surface area contributed by atoms with E-state index in [0.717, 1.165) is 0 Å². The Morgan fingerprint density at radius 2 is 0.697 bits per heavy atom. The molecule has 33 heavy (non-hydrogen) atoms. The zero-order valence-electron chi connectivity index (χ0n) is 23.0. The zero-order chi connectivity index (χ0) is 25.0. The molecule has 0 amide bonds. The number of nitrogens with zero attached hydrogens (tertiary/aromatic N) is 2. The molecule has 2 heteroatoms. The molecule has 0 saturated heterocycles. The van der Waals surface area contributed by atoms with Crippen LogP contribution < -0.4 is 9.80 Å². The van der Waals surface area contributed by atoms with Gasteiger partial charge < -0.3 is 9.80 Å². The van der Waals surface area contributed by atoms with Crippen molar-refractivity contribution in [2.24, 2.45) is 0 Å². The SMILES string of the molecule is CC(C)(C)c1cccc(C(C)(C)C)c1N1[C]N(c2c(C(C)(C)C)cccc2C(C)(C)C)C=C1. The molecule has 0 aliphatic carbocycles. The van der Waals surface area contributed by atoms with Gasteiger partial charge in [0.25, 0.3) is 0 Å². The summed E-state index contributed by atoms with van der Waals surface area (Å²) in [5.41, 5.74) is 7.98. The highest BCUT2D eigenvalue weighted by Gasteiger charge is 2.34. The quantitative estimate of drug-likeness (QED) is 0.457. The molecule has 0 aromatic heterocycles. The Kier molecular flexibility index (Phi) is 6.33. The number of hydrogen-bond donors (Lipinski definition) is 0. The predicted molar refractivity (Wildman–Crippen MR) is 145 cm³/mol. The third-order valence-corrected chi connectivity index (χ3v) is 6.37. The van der Waals surface area contributed by atoms with Gasteiger partial charge in [-0.25, -0.2) is 0 Å². The van der Waals surface area contributed by atoms with E-state index in [-0.39, 0.29) is 21.7 Å². The van der Waals surface area contributed by atoms with Gasteiger partial charge in [0.1, 0.15) is 0 Å². The topological polar surface area (TPSA) is 6.48 Å². The molecule has 0 saturated carbocycles. The van der Waals surface area contributed by atoms with Crippen LogP contribution in [0.4, 0.5) is 11.4 Å². The lowest BCUT2D eigenvalue weighted by atomic mass is 9.78. The van der Waals surface area contributed by atoms with E-state index < -0.39 is 0 Å². The Hall–Kier alpha value is -2.22. The van der Waals surface area contributed by atoms with Crippen molar-refractivity contribution in [2.75, 3.05) is 9.80 Å². The number of anilines is 2. The summed E-state index contributed by atoms with van der Waals surface area (Å²) >= 11 is 0. The summed E-state index contributed by atoms with van der Waals surface area (Å²) in [6.07, 6.45) is 4.34. The van der Waals surface area contributed by atoms with E-state index in [1.165, 1.54) is 33.6 Å². The number of benzene rings is 2. The fourth-order valence-electron chi connectivity index (χ4n) is 4.59. The molecule has 0 unspecified atom stereocenters. The summed E-state index contributed by atoms with van der Waals surface area (Å²) in [5.74, 6) is 0. The molecular weight excluding hydrogens is 400 g/mol. The molecule has 1 aliphatic rings. The average molecular weight is 445 g/mol. The first-order chi connectivity index (χ1) is 14.9. The molecule has 1 aliphatic heterocycles. The highest BCUT2D eigenvalue weighted by molar-refractivity contribution is 5.74. The Bertz CT molecular complexity index is 883. The summed E-state index contributed by atoms with van der Waals surface area (Å²) < 4.78 is 0. The lowest BCUT2D eigenvalue weighted by Crippen LogP contribution is -2.29. The Morgan fingerprint density at radius 3 is 0.909 bits per heavy atom. The van der Waals surface area contributed by atoms with Gasteiger partial charge in [0.2, 0.25) is 6.67 Å². The fraction of sp³-hybridized carbons (Fsp3) is 0.516. The molecule has 2 aromatic rings. The summed E-state index contributed by atoms with van der Waals surface area (Å²) in [4.78, 5) is 4.43. The normalized spacial score (nSPS) is 15.5. The molecule has 2 nitrogen and oxygen atoms in total. The first kappa shape index (κ1) is 25.4. The minimum Gasteiger partial charge on any atom is -0.314 e. The van der Waals surface area contributed by atoms with Gasteiger partial charge in [0.05, 0.1) is 11.4 Å². The van der Waals surface area contributed by atoms with Gasteiger partial charge in [-0.15, -0.1) is 0 Å². The highest BCUT2D eigenvalue weighted by atomic mass is 15.3. The van der Waals surface area contributed by atoms with Crippen LogP contribution >= 0.6 is 0 Å². The van der Waals surface area contributed by atoms with E-state index in [1.807, 2.05) is 0 Å². The Morgan fingerprint density at radius 1 is 0.455 bits per heavy atom. The number of hydrogen-bond acceptors (Lipinski definition) is 2. The lowest BCUT2D eigenvalue weighted by molar-refractivity contribution is 0.567. The molecule has 2 aromatic carbocycles. The second-order valence-electron chi connectivity index (χ2n) is 13.5. The van der Waals surface area contributed by atoms with Crippen molar-refractivity contribution < 1.29 is 0 Å². The molecule has 0 N–H and O–H groups in total. The Labute approximate surface area is 203 Å².